The zero-order valence-electron chi connectivity index (χ0n) is 15.4. The predicted octanol–water partition coefficient (Wildman–Crippen LogP) is 2.98. The van der Waals surface area contributed by atoms with Gasteiger partial charge in [0.25, 0.3) is 5.69 Å². The fourth-order valence-corrected chi connectivity index (χ4v) is 4.30. The van der Waals surface area contributed by atoms with Crippen LogP contribution in [-0.4, -0.2) is 54.0 Å². The average molecular weight is 394 g/mol. The number of hydrogen-bond donors (Lipinski definition) is 1. The summed E-state index contributed by atoms with van der Waals surface area (Å²) in [5.74, 6) is 0.237. The number of aromatic amines is 1. The molecule has 1 aliphatic rings. The van der Waals surface area contributed by atoms with Crippen molar-refractivity contribution in [3.63, 3.8) is 0 Å². The maximum atomic E-state index is 12.7. The lowest BCUT2D eigenvalue weighted by Gasteiger charge is -2.28. The first-order chi connectivity index (χ1) is 12.6. The van der Waals surface area contributed by atoms with Crippen molar-refractivity contribution < 1.29 is 18.7 Å². The standard InChI is InChI=1S/C17H22N4O5S/c1-17(2,3)26-16(22)20-8-4-5-12(20)10-27(25)15-18-13-7-6-11(21(23)24)9-14(13)19-15/h6-7,9,12H,4-5,8,10H2,1-3H3,(H,18,19)/t12-,27-/m0/s1. The van der Waals surface area contributed by atoms with Crippen LogP contribution in [0.3, 0.4) is 0 Å². The Hall–Kier alpha value is -2.49. The van der Waals surface area contributed by atoms with Gasteiger partial charge in [-0.05, 0) is 39.7 Å². The number of benzene rings is 1. The summed E-state index contributed by atoms with van der Waals surface area (Å²) in [6.45, 7) is 5.99. The molecule has 1 amide bonds. The number of carbonyl (C=O) groups is 1. The van der Waals surface area contributed by atoms with E-state index >= 15 is 0 Å². The molecule has 27 heavy (non-hydrogen) atoms. The topological polar surface area (TPSA) is 118 Å². The van der Waals surface area contributed by atoms with Crippen LogP contribution < -0.4 is 0 Å². The molecule has 0 unspecified atom stereocenters. The number of aromatic nitrogens is 2. The maximum Gasteiger partial charge on any atom is 0.410 e. The van der Waals surface area contributed by atoms with E-state index in [1.165, 1.54) is 18.2 Å². The minimum Gasteiger partial charge on any atom is -0.444 e. The molecule has 2 aromatic rings. The number of fused-ring (bicyclic) bond motifs is 1. The maximum absolute atomic E-state index is 12.7. The van der Waals surface area contributed by atoms with Crippen molar-refractivity contribution >= 4 is 33.6 Å². The fourth-order valence-electron chi connectivity index (χ4n) is 3.02. The van der Waals surface area contributed by atoms with E-state index in [1.54, 1.807) is 4.90 Å². The van der Waals surface area contributed by atoms with Gasteiger partial charge in [-0.3, -0.25) is 14.3 Å². The molecule has 9 nitrogen and oxygen atoms in total. The molecule has 0 radical (unpaired) electrons. The Labute approximate surface area is 158 Å². The van der Waals surface area contributed by atoms with Crippen LogP contribution in [0.5, 0.6) is 0 Å². The van der Waals surface area contributed by atoms with Crippen molar-refractivity contribution in [2.75, 3.05) is 12.3 Å². The van der Waals surface area contributed by atoms with Crippen LogP contribution >= 0.6 is 0 Å². The van der Waals surface area contributed by atoms with Gasteiger partial charge >= 0.3 is 6.09 Å². The predicted molar refractivity (Wildman–Crippen MR) is 100.0 cm³/mol. The second-order valence-corrected chi connectivity index (χ2v) is 8.89. The summed E-state index contributed by atoms with van der Waals surface area (Å²) in [6.07, 6.45) is 1.17. The molecule has 3 rings (SSSR count). The smallest absolute Gasteiger partial charge is 0.410 e. The third-order valence-corrected chi connectivity index (χ3v) is 5.53. The minimum absolute atomic E-state index is 0.0598. The number of imidazole rings is 1. The molecule has 0 spiro atoms. The number of hydrogen-bond acceptors (Lipinski definition) is 6. The van der Waals surface area contributed by atoms with Gasteiger partial charge < -0.3 is 14.6 Å². The van der Waals surface area contributed by atoms with Gasteiger partial charge in [0.1, 0.15) is 5.60 Å². The number of rotatable bonds is 4. The van der Waals surface area contributed by atoms with E-state index in [0.717, 1.165) is 12.8 Å². The molecule has 1 saturated heterocycles. The Balaban J connectivity index is 1.73. The number of H-pyrrole nitrogens is 1. The molecule has 2 heterocycles. The third-order valence-electron chi connectivity index (χ3n) is 4.22. The first-order valence-electron chi connectivity index (χ1n) is 8.66. The SMILES string of the molecule is CC(C)(C)OC(=O)N1CCC[C@H]1C[S@](=O)c1nc2ccc([N+](=O)[O-])cc2[nH]1. The molecule has 0 bridgehead atoms. The Bertz CT molecular complexity index is 904. The van der Waals surface area contributed by atoms with Crippen LogP contribution in [0.4, 0.5) is 10.5 Å². The molecule has 146 valence electrons. The summed E-state index contributed by atoms with van der Waals surface area (Å²) in [4.78, 5) is 31.5. The van der Waals surface area contributed by atoms with Gasteiger partial charge in [0.2, 0.25) is 0 Å². The molecule has 1 N–H and O–H groups in total. The molecule has 0 aliphatic carbocycles. The van der Waals surface area contributed by atoms with Gasteiger partial charge in [0.05, 0.1) is 32.5 Å². The van der Waals surface area contributed by atoms with Crippen molar-refractivity contribution in [2.45, 2.75) is 50.4 Å². The second-order valence-electron chi connectivity index (χ2n) is 7.48. The second kappa shape index (κ2) is 7.26. The first kappa shape index (κ1) is 19.3. The minimum atomic E-state index is -1.47. The third kappa shape index (κ3) is 4.44. The number of carbonyl (C=O) groups excluding carboxylic acids is 1. The molecule has 10 heteroatoms. The van der Waals surface area contributed by atoms with Gasteiger partial charge in [-0.15, -0.1) is 0 Å². The number of ether oxygens (including phenoxy) is 1. The summed E-state index contributed by atoms with van der Waals surface area (Å²) in [7, 11) is -1.47. The Morgan fingerprint density at radius 1 is 1.48 bits per heavy atom. The zero-order chi connectivity index (χ0) is 19.8. The van der Waals surface area contributed by atoms with Crippen LogP contribution in [0.1, 0.15) is 33.6 Å². The van der Waals surface area contributed by atoms with Gasteiger partial charge in [-0.25, -0.2) is 9.78 Å². The zero-order valence-corrected chi connectivity index (χ0v) is 16.2. The van der Waals surface area contributed by atoms with E-state index in [-0.39, 0.29) is 22.6 Å². The molecule has 1 aliphatic heterocycles. The number of likely N-dealkylation sites (tertiary alicyclic amines) is 1. The van der Waals surface area contributed by atoms with Gasteiger partial charge in [-0.2, -0.15) is 0 Å². The number of nitro benzene ring substituents is 1. The number of nitrogens with one attached hydrogen (secondary N) is 1. The van der Waals surface area contributed by atoms with Gasteiger partial charge in [0.15, 0.2) is 5.16 Å². The van der Waals surface area contributed by atoms with Gasteiger partial charge in [-0.1, -0.05) is 0 Å². The summed E-state index contributed by atoms with van der Waals surface area (Å²) in [6, 6.07) is 4.05. The normalized spacial score (nSPS) is 18.6. The van der Waals surface area contributed by atoms with Gasteiger partial charge in [0, 0.05) is 24.7 Å². The lowest BCUT2D eigenvalue weighted by Crippen LogP contribution is -2.42. The number of nitrogens with zero attached hydrogens (tertiary/aromatic N) is 3. The van der Waals surface area contributed by atoms with Crippen molar-refractivity contribution in [1.82, 2.24) is 14.9 Å². The van der Waals surface area contributed by atoms with Crippen LogP contribution in [0.25, 0.3) is 11.0 Å². The number of amides is 1. The highest BCUT2D eigenvalue weighted by atomic mass is 32.2. The summed E-state index contributed by atoms with van der Waals surface area (Å²) in [5, 5.41) is 11.1. The highest BCUT2D eigenvalue weighted by molar-refractivity contribution is 7.84. The van der Waals surface area contributed by atoms with E-state index in [1.807, 2.05) is 20.8 Å². The lowest BCUT2D eigenvalue weighted by molar-refractivity contribution is -0.384. The van der Waals surface area contributed by atoms with E-state index in [9.17, 15) is 19.1 Å². The average Bonchev–Trinajstić information content (AvgIpc) is 3.18. The summed E-state index contributed by atoms with van der Waals surface area (Å²) in [5.41, 5.74) is 0.328. The van der Waals surface area contributed by atoms with Crippen LogP contribution in [0.15, 0.2) is 23.4 Å². The monoisotopic (exact) mass is 394 g/mol. The van der Waals surface area contributed by atoms with Crippen molar-refractivity contribution in [1.29, 1.82) is 0 Å². The quantitative estimate of drug-likeness (QED) is 0.629. The number of nitro groups is 1. The Kier molecular flexibility index (Phi) is 5.18. The molecule has 2 atom stereocenters. The molecule has 1 aromatic heterocycles. The number of non-ortho nitro benzene ring substituents is 1. The molecular weight excluding hydrogens is 372 g/mol. The first-order valence-corrected chi connectivity index (χ1v) is 9.98. The Morgan fingerprint density at radius 2 is 2.22 bits per heavy atom. The van der Waals surface area contributed by atoms with E-state index < -0.39 is 27.4 Å². The largest absolute Gasteiger partial charge is 0.444 e. The lowest BCUT2D eigenvalue weighted by atomic mass is 10.2. The van der Waals surface area contributed by atoms with Crippen LogP contribution in [0.2, 0.25) is 0 Å². The molecule has 1 aromatic carbocycles. The van der Waals surface area contributed by atoms with Crippen LogP contribution in [0, 0.1) is 10.1 Å². The van der Waals surface area contributed by atoms with E-state index in [2.05, 4.69) is 9.97 Å². The summed E-state index contributed by atoms with van der Waals surface area (Å²) < 4.78 is 18.2. The molecule has 1 fully saturated rings. The summed E-state index contributed by atoms with van der Waals surface area (Å²) >= 11 is 0. The van der Waals surface area contributed by atoms with E-state index in [0.29, 0.717) is 17.6 Å². The van der Waals surface area contributed by atoms with Crippen molar-refractivity contribution in [3.8, 4) is 0 Å². The van der Waals surface area contributed by atoms with Crippen molar-refractivity contribution in [3.05, 3.63) is 28.3 Å². The highest BCUT2D eigenvalue weighted by Crippen LogP contribution is 2.24. The highest BCUT2D eigenvalue weighted by Gasteiger charge is 2.33. The van der Waals surface area contributed by atoms with Crippen LogP contribution in [-0.2, 0) is 15.5 Å². The Morgan fingerprint density at radius 3 is 2.89 bits per heavy atom. The van der Waals surface area contributed by atoms with E-state index in [4.69, 9.17) is 4.74 Å². The molecular formula is C17H22N4O5S. The molecule has 0 saturated carbocycles. The fraction of sp³-hybridized carbons (Fsp3) is 0.529. The van der Waals surface area contributed by atoms with Crippen molar-refractivity contribution in [2.24, 2.45) is 0 Å².